The number of fused-ring (bicyclic) bond motifs is 1. The summed E-state index contributed by atoms with van der Waals surface area (Å²) in [6.45, 7) is 5.55. The molecule has 1 aliphatic heterocycles. The van der Waals surface area contributed by atoms with Crippen LogP contribution in [0.1, 0.15) is 18.9 Å². The first-order chi connectivity index (χ1) is 15.7. The van der Waals surface area contributed by atoms with Crippen molar-refractivity contribution in [1.29, 1.82) is 0 Å². The molecule has 0 aliphatic carbocycles. The van der Waals surface area contributed by atoms with Crippen molar-refractivity contribution >= 4 is 46.5 Å². The fourth-order valence-corrected chi connectivity index (χ4v) is 4.23. The number of ether oxygens (including phenoxy) is 2. The van der Waals surface area contributed by atoms with Crippen LogP contribution in [-0.2, 0) is 6.42 Å². The number of hydrogen-bond donors (Lipinski definition) is 3. The maximum Gasteiger partial charge on any atom is 0.191 e. The molecule has 0 bridgehead atoms. The van der Waals surface area contributed by atoms with Gasteiger partial charge >= 0.3 is 0 Å². The number of benzene rings is 2. The van der Waals surface area contributed by atoms with Crippen LogP contribution < -0.4 is 25.0 Å². The highest BCUT2D eigenvalue weighted by molar-refractivity contribution is 14.0. The molecule has 8 heteroatoms. The minimum atomic E-state index is 0. The van der Waals surface area contributed by atoms with Gasteiger partial charge in [0.2, 0.25) is 0 Å². The lowest BCUT2D eigenvalue weighted by molar-refractivity contribution is 0.394. The van der Waals surface area contributed by atoms with Crippen LogP contribution in [0.4, 0.5) is 5.69 Å². The summed E-state index contributed by atoms with van der Waals surface area (Å²) in [5.41, 5.74) is 3.60. The molecule has 7 nitrogen and oxygen atoms in total. The van der Waals surface area contributed by atoms with Gasteiger partial charge in [0.25, 0.3) is 0 Å². The summed E-state index contributed by atoms with van der Waals surface area (Å²) in [5.74, 6) is 2.49. The molecule has 0 amide bonds. The van der Waals surface area contributed by atoms with Crippen molar-refractivity contribution in [3.63, 3.8) is 0 Å². The average Bonchev–Trinajstić information content (AvgIpc) is 3.46. The van der Waals surface area contributed by atoms with Gasteiger partial charge in [-0.1, -0.05) is 18.2 Å². The first-order valence-corrected chi connectivity index (χ1v) is 11.3. The number of aromatic nitrogens is 1. The Labute approximate surface area is 213 Å². The zero-order valence-electron chi connectivity index (χ0n) is 19.6. The van der Waals surface area contributed by atoms with E-state index in [4.69, 9.17) is 14.5 Å². The number of para-hydroxylation sites is 1. The molecular formula is C25H34IN5O2. The van der Waals surface area contributed by atoms with Gasteiger partial charge in [0.15, 0.2) is 5.96 Å². The third-order valence-corrected chi connectivity index (χ3v) is 5.90. The molecule has 1 atom stereocenters. The summed E-state index contributed by atoms with van der Waals surface area (Å²) in [6, 6.07) is 14.8. The standard InChI is InChI=1S/C25H33N5O2.HI/c1-4-26-25(27-11-9-18-16-28-24-8-6-5-7-23(18)24)29-19-10-12-30(17-19)20-13-21(31-2)15-22(14-20)32-3;/h5-8,13-16,19,28H,4,9-12,17H2,1-3H3,(H2,26,27,29);1H. The Bertz CT molecular complexity index is 1050. The summed E-state index contributed by atoms with van der Waals surface area (Å²) in [4.78, 5) is 10.5. The Morgan fingerprint density at radius 2 is 1.91 bits per heavy atom. The fraction of sp³-hybridized carbons (Fsp3) is 0.400. The summed E-state index contributed by atoms with van der Waals surface area (Å²) in [6.07, 6.45) is 4.05. The minimum absolute atomic E-state index is 0. The van der Waals surface area contributed by atoms with Crippen LogP contribution in [0.15, 0.2) is 53.7 Å². The number of H-pyrrole nitrogens is 1. The van der Waals surface area contributed by atoms with Crippen molar-refractivity contribution < 1.29 is 9.47 Å². The smallest absolute Gasteiger partial charge is 0.191 e. The van der Waals surface area contributed by atoms with Gasteiger partial charge in [0.05, 0.1) is 14.2 Å². The van der Waals surface area contributed by atoms with Gasteiger partial charge < -0.3 is 30.0 Å². The largest absolute Gasteiger partial charge is 0.497 e. The van der Waals surface area contributed by atoms with Gasteiger partial charge in [-0.25, -0.2) is 0 Å². The van der Waals surface area contributed by atoms with E-state index >= 15 is 0 Å². The number of halogens is 1. The number of hydrogen-bond acceptors (Lipinski definition) is 4. The van der Waals surface area contributed by atoms with Crippen LogP contribution in [0.3, 0.4) is 0 Å². The quantitative estimate of drug-likeness (QED) is 0.218. The van der Waals surface area contributed by atoms with Crippen molar-refractivity contribution in [3.05, 3.63) is 54.2 Å². The zero-order chi connectivity index (χ0) is 22.3. The maximum absolute atomic E-state index is 5.43. The van der Waals surface area contributed by atoms with E-state index in [1.165, 1.54) is 16.5 Å². The molecule has 0 radical (unpaired) electrons. The van der Waals surface area contributed by atoms with Gasteiger partial charge in [-0.05, 0) is 31.4 Å². The van der Waals surface area contributed by atoms with E-state index in [0.29, 0.717) is 6.04 Å². The lowest BCUT2D eigenvalue weighted by atomic mass is 10.1. The van der Waals surface area contributed by atoms with Gasteiger partial charge in [-0.15, -0.1) is 24.0 Å². The van der Waals surface area contributed by atoms with Crippen molar-refractivity contribution in [2.45, 2.75) is 25.8 Å². The normalized spacial score (nSPS) is 15.9. The molecule has 33 heavy (non-hydrogen) atoms. The highest BCUT2D eigenvalue weighted by Crippen LogP contribution is 2.30. The monoisotopic (exact) mass is 563 g/mol. The SMILES string of the molecule is CCNC(=NCCc1c[nH]c2ccccc12)NC1CCN(c2cc(OC)cc(OC)c2)C1.I. The molecule has 1 unspecified atom stereocenters. The van der Waals surface area contributed by atoms with Crippen LogP contribution in [-0.4, -0.2) is 57.4 Å². The Morgan fingerprint density at radius 3 is 2.64 bits per heavy atom. The average molecular weight is 563 g/mol. The molecule has 178 valence electrons. The molecule has 0 saturated carbocycles. The summed E-state index contributed by atoms with van der Waals surface area (Å²) >= 11 is 0. The molecule has 4 rings (SSSR count). The molecule has 2 heterocycles. The first-order valence-electron chi connectivity index (χ1n) is 11.3. The summed E-state index contributed by atoms with van der Waals surface area (Å²) < 4.78 is 10.9. The number of guanidine groups is 1. The second kappa shape index (κ2) is 12.0. The number of aromatic amines is 1. The summed E-state index contributed by atoms with van der Waals surface area (Å²) in [7, 11) is 3.37. The molecule has 1 fully saturated rings. The highest BCUT2D eigenvalue weighted by Gasteiger charge is 2.24. The predicted octanol–water partition coefficient (Wildman–Crippen LogP) is 4.18. The van der Waals surface area contributed by atoms with E-state index in [-0.39, 0.29) is 24.0 Å². The molecule has 1 aliphatic rings. The molecule has 3 N–H and O–H groups in total. The zero-order valence-corrected chi connectivity index (χ0v) is 21.9. The lowest BCUT2D eigenvalue weighted by Gasteiger charge is -2.21. The van der Waals surface area contributed by atoms with Crippen molar-refractivity contribution in [2.24, 2.45) is 4.99 Å². The third kappa shape index (κ3) is 6.25. The topological polar surface area (TPSA) is 73.9 Å². The van der Waals surface area contributed by atoms with Crippen LogP contribution in [0.2, 0.25) is 0 Å². The number of anilines is 1. The van der Waals surface area contributed by atoms with Gasteiger partial charge in [-0.3, -0.25) is 4.99 Å². The number of aliphatic imine (C=N–C) groups is 1. The third-order valence-electron chi connectivity index (χ3n) is 5.90. The Morgan fingerprint density at radius 1 is 1.15 bits per heavy atom. The second-order valence-electron chi connectivity index (χ2n) is 8.02. The molecule has 1 saturated heterocycles. The maximum atomic E-state index is 5.43. The first kappa shape index (κ1) is 25.0. The van der Waals surface area contributed by atoms with Crippen LogP contribution in [0, 0.1) is 0 Å². The molecule has 3 aromatic rings. The molecule has 0 spiro atoms. The number of nitrogens with zero attached hydrogens (tertiary/aromatic N) is 2. The molecule has 1 aromatic heterocycles. The van der Waals surface area contributed by atoms with E-state index in [2.05, 4.69) is 70.0 Å². The van der Waals surface area contributed by atoms with Crippen molar-refractivity contribution in [1.82, 2.24) is 15.6 Å². The predicted molar refractivity (Wildman–Crippen MR) is 147 cm³/mol. The number of rotatable bonds is 8. The van der Waals surface area contributed by atoms with Crippen LogP contribution in [0.25, 0.3) is 10.9 Å². The minimum Gasteiger partial charge on any atom is -0.497 e. The molecular weight excluding hydrogens is 529 g/mol. The van der Waals surface area contributed by atoms with E-state index in [1.807, 2.05) is 6.07 Å². The van der Waals surface area contributed by atoms with E-state index in [9.17, 15) is 0 Å². The van der Waals surface area contributed by atoms with Crippen molar-refractivity contribution in [3.8, 4) is 11.5 Å². The molecule has 2 aromatic carbocycles. The number of nitrogens with one attached hydrogen (secondary N) is 3. The van der Waals surface area contributed by atoms with Crippen LogP contribution in [0.5, 0.6) is 11.5 Å². The summed E-state index contributed by atoms with van der Waals surface area (Å²) in [5, 5.41) is 8.29. The Kier molecular flexibility index (Phi) is 9.11. The number of methoxy groups -OCH3 is 2. The Hall–Kier alpha value is -2.62. The second-order valence-corrected chi connectivity index (χ2v) is 8.02. The van der Waals surface area contributed by atoms with E-state index < -0.39 is 0 Å². The lowest BCUT2D eigenvalue weighted by Crippen LogP contribution is -2.44. The van der Waals surface area contributed by atoms with Gasteiger partial charge in [-0.2, -0.15) is 0 Å². The van der Waals surface area contributed by atoms with Gasteiger partial charge in [0, 0.05) is 73.2 Å². The van der Waals surface area contributed by atoms with E-state index in [1.54, 1.807) is 14.2 Å². The highest BCUT2D eigenvalue weighted by atomic mass is 127. The van der Waals surface area contributed by atoms with Gasteiger partial charge in [0.1, 0.15) is 11.5 Å². The van der Waals surface area contributed by atoms with Crippen molar-refractivity contribution in [2.75, 3.05) is 45.3 Å². The Balaban J connectivity index is 0.00000306. The van der Waals surface area contributed by atoms with E-state index in [0.717, 1.165) is 62.2 Å². The van der Waals surface area contributed by atoms with Crippen LogP contribution >= 0.6 is 24.0 Å². The fourth-order valence-electron chi connectivity index (χ4n) is 4.23.